The standard InChI is InChI=1S/C26H26N6O2/c1-18-6-8-24(32-27-11-12-28-32)22(14-18)26(33)31-20-10-13-30(15-21(31)17-34-16-20)25-9-7-19-4-2-3-5-23(19)29-25/h2-9,11-12,14,20-21H,10,13,15-17H2,1H3. The predicted octanol–water partition coefficient (Wildman–Crippen LogP) is 3.24. The number of fused-ring (bicyclic) bond motifs is 3. The molecule has 0 aliphatic carbocycles. The van der Waals surface area contributed by atoms with Gasteiger partial charge in [-0.15, -0.1) is 0 Å². The van der Waals surface area contributed by atoms with E-state index in [4.69, 9.17) is 9.72 Å². The first-order valence-electron chi connectivity index (χ1n) is 11.7. The molecule has 8 nitrogen and oxygen atoms in total. The van der Waals surface area contributed by atoms with Crippen LogP contribution < -0.4 is 4.90 Å². The summed E-state index contributed by atoms with van der Waals surface area (Å²) in [6, 6.07) is 18.1. The third-order valence-electron chi connectivity index (χ3n) is 6.73. The van der Waals surface area contributed by atoms with E-state index in [1.54, 1.807) is 12.4 Å². The Bertz CT molecular complexity index is 1340. The molecule has 2 aliphatic heterocycles. The summed E-state index contributed by atoms with van der Waals surface area (Å²) in [5, 5.41) is 9.65. The average Bonchev–Trinajstić information content (AvgIpc) is 3.37. The molecule has 0 spiro atoms. The molecule has 4 aromatic rings. The van der Waals surface area contributed by atoms with Crippen LogP contribution in [0.3, 0.4) is 0 Å². The van der Waals surface area contributed by atoms with Crippen molar-refractivity contribution >= 4 is 22.6 Å². The van der Waals surface area contributed by atoms with Crippen molar-refractivity contribution in [3.05, 3.63) is 78.1 Å². The summed E-state index contributed by atoms with van der Waals surface area (Å²) in [6.45, 7) is 4.54. The number of aryl methyl sites for hydroxylation is 1. The third-order valence-corrected chi connectivity index (χ3v) is 6.73. The normalized spacial score (nSPS) is 20.4. The van der Waals surface area contributed by atoms with Crippen molar-refractivity contribution in [3.8, 4) is 5.69 Å². The Kier molecular flexibility index (Phi) is 5.22. The lowest BCUT2D eigenvalue weighted by Crippen LogP contribution is -2.56. The number of rotatable bonds is 3. The molecule has 1 amide bonds. The van der Waals surface area contributed by atoms with E-state index in [0.717, 1.165) is 35.2 Å². The van der Waals surface area contributed by atoms with E-state index in [-0.39, 0.29) is 18.0 Å². The molecule has 2 atom stereocenters. The highest BCUT2D eigenvalue weighted by molar-refractivity contribution is 5.98. The Morgan fingerprint density at radius 2 is 1.82 bits per heavy atom. The zero-order valence-corrected chi connectivity index (χ0v) is 19.0. The van der Waals surface area contributed by atoms with Crippen LogP contribution in [0.25, 0.3) is 16.6 Å². The number of morpholine rings is 1. The maximum atomic E-state index is 14.0. The number of carbonyl (C=O) groups excluding carboxylic acids is 1. The molecule has 2 unspecified atom stereocenters. The Morgan fingerprint density at radius 1 is 1.00 bits per heavy atom. The molecule has 172 valence electrons. The fourth-order valence-electron chi connectivity index (χ4n) is 5.06. The first-order chi connectivity index (χ1) is 16.7. The van der Waals surface area contributed by atoms with E-state index >= 15 is 0 Å². The lowest BCUT2D eigenvalue weighted by atomic mass is 10.0. The topological polar surface area (TPSA) is 76.4 Å². The van der Waals surface area contributed by atoms with Crippen molar-refractivity contribution < 1.29 is 9.53 Å². The number of ether oxygens (including phenoxy) is 1. The van der Waals surface area contributed by atoms with Crippen LogP contribution in [-0.2, 0) is 4.74 Å². The highest BCUT2D eigenvalue weighted by atomic mass is 16.5. The van der Waals surface area contributed by atoms with Gasteiger partial charge in [0.1, 0.15) is 5.82 Å². The molecule has 0 radical (unpaired) electrons. The SMILES string of the molecule is Cc1ccc(-n2nccn2)c(C(=O)N2C3CCN(c4ccc5ccccc5n4)CC2COC3)c1. The number of hydrogen-bond donors (Lipinski definition) is 0. The highest BCUT2D eigenvalue weighted by Gasteiger charge is 2.40. The van der Waals surface area contributed by atoms with Gasteiger partial charge in [0.05, 0.1) is 54.5 Å². The number of aromatic nitrogens is 4. The number of amides is 1. The molecule has 34 heavy (non-hydrogen) atoms. The second-order valence-corrected chi connectivity index (χ2v) is 8.99. The Labute approximate surface area is 197 Å². The minimum Gasteiger partial charge on any atom is -0.377 e. The van der Waals surface area contributed by atoms with Crippen molar-refractivity contribution in [1.82, 2.24) is 24.9 Å². The fourth-order valence-corrected chi connectivity index (χ4v) is 5.06. The van der Waals surface area contributed by atoms with Gasteiger partial charge in [-0.05, 0) is 43.7 Å². The van der Waals surface area contributed by atoms with Crippen molar-refractivity contribution in [3.63, 3.8) is 0 Å². The van der Waals surface area contributed by atoms with Gasteiger partial charge in [0.25, 0.3) is 5.91 Å². The third kappa shape index (κ3) is 3.70. The lowest BCUT2D eigenvalue weighted by molar-refractivity contribution is -0.0293. The molecule has 2 bridgehead atoms. The van der Waals surface area contributed by atoms with Crippen molar-refractivity contribution in [2.24, 2.45) is 0 Å². The van der Waals surface area contributed by atoms with E-state index in [1.807, 2.05) is 48.2 Å². The molecular formula is C26H26N6O2. The van der Waals surface area contributed by atoms with Crippen LogP contribution in [0.5, 0.6) is 0 Å². The number of anilines is 1. The molecule has 0 N–H and O–H groups in total. The van der Waals surface area contributed by atoms with Crippen molar-refractivity contribution in [2.75, 3.05) is 31.2 Å². The monoisotopic (exact) mass is 454 g/mol. The second-order valence-electron chi connectivity index (χ2n) is 8.99. The van der Waals surface area contributed by atoms with Crippen molar-refractivity contribution in [1.29, 1.82) is 0 Å². The van der Waals surface area contributed by atoms with Crippen LogP contribution in [0, 0.1) is 6.92 Å². The molecule has 2 aliphatic rings. The van der Waals surface area contributed by atoms with Crippen LogP contribution in [0.4, 0.5) is 5.82 Å². The van der Waals surface area contributed by atoms with Gasteiger partial charge < -0.3 is 14.5 Å². The first kappa shape index (κ1) is 20.8. The summed E-state index contributed by atoms with van der Waals surface area (Å²) in [4.78, 5) is 24.8. The van der Waals surface area contributed by atoms with Crippen molar-refractivity contribution in [2.45, 2.75) is 25.4 Å². The summed E-state index contributed by atoms with van der Waals surface area (Å²) in [7, 11) is 0. The zero-order chi connectivity index (χ0) is 23.1. The van der Waals surface area contributed by atoms with Crippen LogP contribution in [0.1, 0.15) is 22.3 Å². The molecule has 2 saturated heterocycles. The number of benzene rings is 2. The Balaban J connectivity index is 1.34. The quantitative estimate of drug-likeness (QED) is 0.473. The summed E-state index contributed by atoms with van der Waals surface area (Å²) < 4.78 is 5.94. The minimum atomic E-state index is -0.0686. The maximum absolute atomic E-state index is 14.0. The largest absolute Gasteiger partial charge is 0.377 e. The Morgan fingerprint density at radius 3 is 2.71 bits per heavy atom. The fraction of sp³-hybridized carbons (Fsp3) is 0.308. The number of carbonyl (C=O) groups is 1. The van der Waals surface area contributed by atoms with Crippen LogP contribution in [0.15, 0.2) is 67.0 Å². The number of hydrogen-bond acceptors (Lipinski definition) is 6. The molecule has 4 heterocycles. The molecule has 2 aromatic carbocycles. The molecule has 2 fully saturated rings. The molecule has 2 aromatic heterocycles. The summed E-state index contributed by atoms with van der Waals surface area (Å²) >= 11 is 0. The highest BCUT2D eigenvalue weighted by Crippen LogP contribution is 2.29. The Hall–Kier alpha value is -3.78. The predicted molar refractivity (Wildman–Crippen MR) is 129 cm³/mol. The first-order valence-corrected chi connectivity index (χ1v) is 11.7. The minimum absolute atomic E-state index is 0.00243. The van der Waals surface area contributed by atoms with Gasteiger partial charge >= 0.3 is 0 Å². The van der Waals surface area contributed by atoms with Gasteiger partial charge in [-0.25, -0.2) is 4.98 Å². The van der Waals surface area contributed by atoms with Gasteiger partial charge in [-0.2, -0.15) is 15.0 Å². The smallest absolute Gasteiger partial charge is 0.256 e. The molecule has 6 rings (SSSR count). The second kappa shape index (κ2) is 8.53. The van der Waals surface area contributed by atoms with E-state index in [0.29, 0.717) is 31.0 Å². The molecule has 0 saturated carbocycles. The van der Waals surface area contributed by atoms with Gasteiger partial charge in [0.15, 0.2) is 0 Å². The van der Waals surface area contributed by atoms with E-state index in [1.165, 1.54) is 4.80 Å². The number of nitrogens with zero attached hydrogens (tertiary/aromatic N) is 6. The van der Waals surface area contributed by atoms with Gasteiger partial charge in [-0.3, -0.25) is 4.79 Å². The van der Waals surface area contributed by atoms with E-state index < -0.39 is 0 Å². The van der Waals surface area contributed by atoms with E-state index in [9.17, 15) is 4.79 Å². The summed E-state index contributed by atoms with van der Waals surface area (Å²) in [5.74, 6) is 0.943. The number of pyridine rings is 1. The zero-order valence-electron chi connectivity index (χ0n) is 19.0. The van der Waals surface area contributed by atoms with Gasteiger partial charge in [-0.1, -0.05) is 29.8 Å². The summed E-state index contributed by atoms with van der Waals surface area (Å²) in [6.07, 6.45) is 4.06. The van der Waals surface area contributed by atoms with Crippen LogP contribution in [-0.4, -0.2) is 69.2 Å². The average molecular weight is 455 g/mol. The van der Waals surface area contributed by atoms with Gasteiger partial charge in [0.2, 0.25) is 0 Å². The van der Waals surface area contributed by atoms with Crippen LogP contribution in [0.2, 0.25) is 0 Å². The van der Waals surface area contributed by atoms with Crippen LogP contribution >= 0.6 is 0 Å². The molecule has 8 heteroatoms. The van der Waals surface area contributed by atoms with Gasteiger partial charge in [0, 0.05) is 18.5 Å². The number of para-hydroxylation sites is 1. The summed E-state index contributed by atoms with van der Waals surface area (Å²) in [5.41, 5.74) is 3.31. The molecular weight excluding hydrogens is 428 g/mol. The maximum Gasteiger partial charge on any atom is 0.256 e. The van der Waals surface area contributed by atoms with E-state index in [2.05, 4.69) is 33.3 Å². The lowest BCUT2D eigenvalue weighted by Gasteiger charge is -2.40.